The van der Waals surface area contributed by atoms with Gasteiger partial charge in [-0.25, -0.2) is 18.6 Å². The lowest BCUT2D eigenvalue weighted by Gasteiger charge is -2.27. The monoisotopic (exact) mass is 535 g/mol. The summed E-state index contributed by atoms with van der Waals surface area (Å²) in [5.74, 6) is -2.70. The van der Waals surface area contributed by atoms with E-state index in [-0.39, 0.29) is 23.2 Å². The lowest BCUT2D eigenvalue weighted by molar-refractivity contribution is 0.240. The Balaban J connectivity index is 1.39. The van der Waals surface area contributed by atoms with Crippen molar-refractivity contribution >= 4 is 34.6 Å². The summed E-state index contributed by atoms with van der Waals surface area (Å²) in [7, 11) is 0. The summed E-state index contributed by atoms with van der Waals surface area (Å²) in [4.78, 5) is 19.0. The molecule has 1 aliphatic rings. The van der Waals surface area contributed by atoms with E-state index in [0.29, 0.717) is 42.7 Å². The maximum absolute atomic E-state index is 14.1. The molecule has 0 saturated heterocycles. The van der Waals surface area contributed by atoms with Crippen LogP contribution < -0.4 is 5.32 Å². The first-order valence-corrected chi connectivity index (χ1v) is 12.2. The zero-order valence-electron chi connectivity index (χ0n) is 20.0. The second-order valence-corrected chi connectivity index (χ2v) is 9.31. The number of carbonyl (C=O) groups excluding carboxylic acids is 1. The number of halogens is 4. The number of benzene rings is 2. The number of amides is 1. The molecule has 6 nitrogen and oxygen atoms in total. The second-order valence-electron chi connectivity index (χ2n) is 8.90. The van der Waals surface area contributed by atoms with Crippen molar-refractivity contribution in [2.45, 2.75) is 19.5 Å². The average Bonchev–Trinajstić information content (AvgIpc) is 3.24. The average molecular weight is 536 g/mol. The molecule has 0 spiro atoms. The first-order valence-electron chi connectivity index (χ1n) is 11.8. The fourth-order valence-electron chi connectivity index (χ4n) is 4.68. The number of nitrogens with one attached hydrogen (secondary N) is 1. The highest BCUT2D eigenvalue weighted by molar-refractivity contribution is 6.30. The van der Waals surface area contributed by atoms with Gasteiger partial charge in [0.2, 0.25) is 5.95 Å². The predicted octanol–water partition coefficient (Wildman–Crippen LogP) is 5.81. The van der Waals surface area contributed by atoms with E-state index in [9.17, 15) is 23.2 Å². The molecule has 4 aromatic rings. The van der Waals surface area contributed by atoms with Gasteiger partial charge in [0.25, 0.3) is 0 Å². The molecule has 10 heteroatoms. The van der Waals surface area contributed by atoms with Crippen LogP contribution in [0.4, 0.5) is 18.0 Å². The third-order valence-corrected chi connectivity index (χ3v) is 6.81. The Kier molecular flexibility index (Phi) is 7.18. The smallest absolute Gasteiger partial charge is 0.326 e. The van der Waals surface area contributed by atoms with E-state index in [2.05, 4.69) is 21.3 Å². The molecule has 0 fully saturated rings. The van der Waals surface area contributed by atoms with E-state index < -0.39 is 17.6 Å². The number of aromatic nitrogens is 2. The standard InChI is InChI=1S/C28H21ClF3N5O/c29-22-6-4-19(26(31)27(22)32)2-1-10-36-11-8-23-21(16-36)20-5-3-17(14-33)12-24(20)37(23)28(38)35-15-18-7-9-34-25(30)13-18/h1-7,9,12-13H,8,10-11,15-16H2,(H,35,38). The van der Waals surface area contributed by atoms with E-state index in [1.807, 2.05) is 6.07 Å². The Morgan fingerprint density at radius 1 is 1.16 bits per heavy atom. The summed E-state index contributed by atoms with van der Waals surface area (Å²) in [6.45, 7) is 1.74. The van der Waals surface area contributed by atoms with Crippen molar-refractivity contribution in [3.05, 3.63) is 105 Å². The number of rotatable bonds is 5. The number of nitrogens with zero attached hydrogens (tertiary/aromatic N) is 4. The highest BCUT2D eigenvalue weighted by Crippen LogP contribution is 2.32. The molecule has 192 valence electrons. The summed E-state index contributed by atoms with van der Waals surface area (Å²) >= 11 is 5.62. The van der Waals surface area contributed by atoms with E-state index in [4.69, 9.17) is 11.6 Å². The summed E-state index contributed by atoms with van der Waals surface area (Å²) in [5, 5.41) is 12.8. The van der Waals surface area contributed by atoms with Crippen LogP contribution in [0.25, 0.3) is 17.0 Å². The van der Waals surface area contributed by atoms with Crippen molar-refractivity contribution < 1.29 is 18.0 Å². The van der Waals surface area contributed by atoms with Crippen LogP contribution in [-0.2, 0) is 19.5 Å². The highest BCUT2D eigenvalue weighted by Gasteiger charge is 2.26. The molecule has 5 rings (SSSR count). The van der Waals surface area contributed by atoms with E-state index in [0.717, 1.165) is 16.6 Å². The summed E-state index contributed by atoms with van der Waals surface area (Å²) in [6, 6.07) is 12.6. The zero-order valence-corrected chi connectivity index (χ0v) is 20.8. The first-order chi connectivity index (χ1) is 18.4. The molecule has 3 heterocycles. The normalized spacial score (nSPS) is 13.6. The predicted molar refractivity (Wildman–Crippen MR) is 138 cm³/mol. The zero-order chi connectivity index (χ0) is 26.8. The summed E-state index contributed by atoms with van der Waals surface area (Å²) in [5.41, 5.74) is 3.51. The highest BCUT2D eigenvalue weighted by atomic mass is 35.5. The summed E-state index contributed by atoms with van der Waals surface area (Å²) < 4.78 is 42.9. The molecule has 0 aliphatic carbocycles. The fourth-order valence-corrected chi connectivity index (χ4v) is 4.82. The fraction of sp³-hybridized carbons (Fsp3) is 0.179. The van der Waals surface area contributed by atoms with Gasteiger partial charge in [0.15, 0.2) is 11.6 Å². The Labute approximate surface area is 221 Å². The molecule has 2 aromatic carbocycles. The van der Waals surface area contributed by atoms with Crippen LogP contribution in [0.3, 0.4) is 0 Å². The molecule has 2 aromatic heterocycles. The van der Waals surface area contributed by atoms with Crippen molar-refractivity contribution in [2.75, 3.05) is 13.1 Å². The quantitative estimate of drug-likeness (QED) is 0.259. The van der Waals surface area contributed by atoms with Crippen LogP contribution in [0.5, 0.6) is 0 Å². The van der Waals surface area contributed by atoms with Gasteiger partial charge in [0.1, 0.15) is 0 Å². The van der Waals surface area contributed by atoms with Gasteiger partial charge in [-0.15, -0.1) is 0 Å². The molecular formula is C28H21ClF3N5O. The molecular weight excluding hydrogens is 515 g/mol. The van der Waals surface area contributed by atoms with Crippen LogP contribution in [0.2, 0.25) is 5.02 Å². The van der Waals surface area contributed by atoms with Crippen molar-refractivity contribution in [1.82, 2.24) is 19.8 Å². The Morgan fingerprint density at radius 2 is 2.00 bits per heavy atom. The molecule has 1 aliphatic heterocycles. The minimum Gasteiger partial charge on any atom is -0.333 e. The molecule has 0 radical (unpaired) electrons. The van der Waals surface area contributed by atoms with E-state index in [1.54, 1.807) is 28.8 Å². The third-order valence-electron chi connectivity index (χ3n) is 6.52. The molecule has 0 atom stereocenters. The Morgan fingerprint density at radius 3 is 2.79 bits per heavy atom. The van der Waals surface area contributed by atoms with E-state index >= 15 is 0 Å². The number of pyridine rings is 1. The number of fused-ring (bicyclic) bond motifs is 3. The Bertz CT molecular complexity index is 1630. The molecule has 0 bridgehead atoms. The van der Waals surface area contributed by atoms with Gasteiger partial charge in [-0.3, -0.25) is 9.47 Å². The van der Waals surface area contributed by atoms with Crippen LogP contribution in [0, 0.1) is 28.9 Å². The number of hydrogen-bond acceptors (Lipinski definition) is 4. The number of carbonyl (C=O) groups is 1. The van der Waals surface area contributed by atoms with Gasteiger partial charge in [-0.05, 0) is 41.5 Å². The van der Waals surface area contributed by atoms with Gasteiger partial charge < -0.3 is 5.32 Å². The largest absolute Gasteiger partial charge is 0.333 e. The van der Waals surface area contributed by atoms with Crippen molar-refractivity contribution in [1.29, 1.82) is 5.26 Å². The SMILES string of the molecule is N#Cc1ccc2c3c(n(C(=O)NCc4ccnc(F)c4)c2c1)CCN(CC=Cc1ccc(Cl)c(F)c1F)C3. The third kappa shape index (κ3) is 5.01. The minimum absolute atomic E-state index is 0.107. The minimum atomic E-state index is -1.08. The topological polar surface area (TPSA) is 74.0 Å². The van der Waals surface area contributed by atoms with Crippen LogP contribution >= 0.6 is 11.6 Å². The van der Waals surface area contributed by atoms with Gasteiger partial charge in [0.05, 0.1) is 22.2 Å². The lowest BCUT2D eigenvalue weighted by Crippen LogP contribution is -2.34. The van der Waals surface area contributed by atoms with Crippen molar-refractivity contribution in [3.63, 3.8) is 0 Å². The van der Waals surface area contributed by atoms with Gasteiger partial charge >= 0.3 is 6.03 Å². The maximum Gasteiger partial charge on any atom is 0.326 e. The van der Waals surface area contributed by atoms with Crippen molar-refractivity contribution in [2.24, 2.45) is 0 Å². The molecule has 1 N–H and O–H groups in total. The molecule has 1 amide bonds. The van der Waals surface area contributed by atoms with Gasteiger partial charge in [-0.1, -0.05) is 35.9 Å². The number of hydrogen-bond donors (Lipinski definition) is 1. The van der Waals surface area contributed by atoms with Gasteiger partial charge in [0, 0.05) is 55.4 Å². The second kappa shape index (κ2) is 10.7. The first kappa shape index (κ1) is 25.5. The maximum atomic E-state index is 14.1. The van der Waals surface area contributed by atoms with Crippen molar-refractivity contribution in [3.8, 4) is 6.07 Å². The number of nitriles is 1. The van der Waals surface area contributed by atoms with Crippen LogP contribution in [-0.4, -0.2) is 33.6 Å². The Hall–Kier alpha value is -4.13. The molecule has 0 saturated carbocycles. The van der Waals surface area contributed by atoms with Crippen LogP contribution in [0.15, 0.2) is 54.7 Å². The summed E-state index contributed by atoms with van der Waals surface area (Å²) in [6.07, 6.45) is 5.16. The van der Waals surface area contributed by atoms with Gasteiger partial charge in [-0.2, -0.15) is 9.65 Å². The molecule has 38 heavy (non-hydrogen) atoms. The lowest BCUT2D eigenvalue weighted by atomic mass is 10.0. The van der Waals surface area contributed by atoms with E-state index in [1.165, 1.54) is 30.5 Å². The molecule has 0 unspecified atom stereocenters. The van der Waals surface area contributed by atoms with Crippen LogP contribution in [0.1, 0.15) is 27.9 Å².